The molecule has 7 nitrogen and oxygen atoms in total. The average molecular weight is 449 g/mol. The molecule has 0 radical (unpaired) electrons. The van der Waals surface area contributed by atoms with Crippen molar-refractivity contribution >= 4 is 44.6 Å². The van der Waals surface area contributed by atoms with Crippen molar-refractivity contribution in [2.24, 2.45) is 0 Å². The van der Waals surface area contributed by atoms with Gasteiger partial charge in [0.1, 0.15) is 0 Å². The number of allylic oxidation sites excluding steroid dienone is 1. The van der Waals surface area contributed by atoms with Gasteiger partial charge in [0.15, 0.2) is 16.4 Å². The first-order chi connectivity index (χ1) is 14.3. The number of nitrogens with one attached hydrogen (secondary N) is 1. The maximum absolute atomic E-state index is 13.4. The molecule has 160 valence electrons. The van der Waals surface area contributed by atoms with Crippen LogP contribution in [-0.4, -0.2) is 41.3 Å². The third-order valence-electron chi connectivity index (χ3n) is 4.88. The molecule has 9 heteroatoms. The number of amides is 1. The number of thioether (sulfide) groups is 1. The molecule has 0 unspecified atom stereocenters. The van der Waals surface area contributed by atoms with Crippen LogP contribution < -0.4 is 19.1 Å². The van der Waals surface area contributed by atoms with E-state index in [1.807, 2.05) is 18.4 Å². The fourth-order valence-corrected chi connectivity index (χ4v) is 5.66. The molecule has 0 atom stereocenters. The molecule has 0 bridgehead atoms. The van der Waals surface area contributed by atoms with Crippen LogP contribution in [0.2, 0.25) is 0 Å². The van der Waals surface area contributed by atoms with Gasteiger partial charge < -0.3 is 14.8 Å². The molecule has 0 saturated carbocycles. The standard InChI is InChI=1S/C21H24N2O5S2/c1-6-23-17-12-19(28-4)18(27-3)11-16(17)13(2)20(30(23,25)26)21(24)22-14-8-7-9-15(10-14)29-5/h7-12H,6H2,1-5H3,(H,22,24). The van der Waals surface area contributed by atoms with Crippen molar-refractivity contribution in [2.75, 3.05) is 36.6 Å². The largest absolute Gasteiger partial charge is 0.493 e. The lowest BCUT2D eigenvalue weighted by atomic mass is 10.0. The molecular formula is C21H24N2O5S2. The topological polar surface area (TPSA) is 84.9 Å². The molecule has 3 rings (SSSR count). The Balaban J connectivity index is 2.16. The van der Waals surface area contributed by atoms with Crippen LogP contribution in [0.4, 0.5) is 11.4 Å². The number of methoxy groups -OCH3 is 2. The van der Waals surface area contributed by atoms with Crippen LogP contribution in [0.1, 0.15) is 19.4 Å². The number of anilines is 2. The van der Waals surface area contributed by atoms with Gasteiger partial charge in [-0.15, -0.1) is 11.8 Å². The zero-order chi connectivity index (χ0) is 22.1. The summed E-state index contributed by atoms with van der Waals surface area (Å²) in [7, 11) is -1.06. The minimum atomic E-state index is -4.06. The first kappa shape index (κ1) is 22.0. The van der Waals surface area contributed by atoms with Gasteiger partial charge in [-0.3, -0.25) is 9.10 Å². The third kappa shape index (κ3) is 3.75. The summed E-state index contributed by atoms with van der Waals surface area (Å²) in [5, 5.41) is 2.73. The molecule has 1 aliphatic heterocycles. The van der Waals surface area contributed by atoms with E-state index in [2.05, 4.69) is 5.32 Å². The van der Waals surface area contributed by atoms with E-state index in [9.17, 15) is 13.2 Å². The second kappa shape index (κ2) is 8.61. The highest BCUT2D eigenvalue weighted by Gasteiger charge is 2.39. The monoisotopic (exact) mass is 448 g/mol. The number of benzene rings is 2. The first-order valence-corrected chi connectivity index (χ1v) is 11.9. The summed E-state index contributed by atoms with van der Waals surface area (Å²) in [6.45, 7) is 3.51. The number of carbonyl (C=O) groups excluding carboxylic acids is 1. The van der Waals surface area contributed by atoms with Gasteiger partial charge in [-0.05, 0) is 49.9 Å². The number of rotatable bonds is 6. The highest BCUT2D eigenvalue weighted by Crippen LogP contribution is 2.45. The maximum Gasteiger partial charge on any atom is 0.270 e. The molecule has 1 amide bonds. The van der Waals surface area contributed by atoms with Gasteiger partial charge in [0.05, 0.1) is 19.9 Å². The van der Waals surface area contributed by atoms with E-state index in [1.54, 1.807) is 38.1 Å². The predicted molar refractivity (Wildman–Crippen MR) is 121 cm³/mol. The Bertz CT molecular complexity index is 1130. The Hall–Kier alpha value is -2.65. The number of fused-ring (bicyclic) bond motifs is 1. The Morgan fingerprint density at radius 1 is 1.13 bits per heavy atom. The third-order valence-corrected chi connectivity index (χ3v) is 7.65. The second-order valence-electron chi connectivity index (χ2n) is 6.53. The van der Waals surface area contributed by atoms with Crippen molar-refractivity contribution in [1.29, 1.82) is 0 Å². The zero-order valence-electron chi connectivity index (χ0n) is 17.5. The number of sulfonamides is 1. The van der Waals surface area contributed by atoms with Crippen molar-refractivity contribution in [2.45, 2.75) is 18.7 Å². The maximum atomic E-state index is 13.4. The Kier molecular flexibility index (Phi) is 6.33. The quantitative estimate of drug-likeness (QED) is 0.673. The molecule has 0 aromatic heterocycles. The van der Waals surface area contributed by atoms with Gasteiger partial charge in [-0.2, -0.15) is 0 Å². The van der Waals surface area contributed by atoms with Crippen LogP contribution in [0.15, 0.2) is 46.2 Å². The average Bonchev–Trinajstić information content (AvgIpc) is 2.72. The molecule has 0 spiro atoms. The molecule has 2 aromatic carbocycles. The van der Waals surface area contributed by atoms with Crippen LogP contribution in [-0.2, 0) is 14.8 Å². The van der Waals surface area contributed by atoms with Crippen LogP contribution in [0, 0.1) is 0 Å². The summed E-state index contributed by atoms with van der Waals surface area (Å²) in [5.74, 6) is 0.197. The fraction of sp³-hybridized carbons (Fsp3) is 0.286. The molecular weight excluding hydrogens is 424 g/mol. The predicted octanol–water partition coefficient (Wildman–Crippen LogP) is 3.97. The number of ether oxygens (including phenoxy) is 2. The Morgan fingerprint density at radius 2 is 1.80 bits per heavy atom. The molecule has 0 saturated heterocycles. The lowest BCUT2D eigenvalue weighted by Gasteiger charge is -2.32. The van der Waals surface area contributed by atoms with E-state index in [-0.39, 0.29) is 11.4 Å². The molecule has 30 heavy (non-hydrogen) atoms. The number of nitrogens with zero attached hydrogens (tertiary/aromatic N) is 1. The van der Waals surface area contributed by atoms with Gasteiger partial charge in [0.2, 0.25) is 0 Å². The van der Waals surface area contributed by atoms with Gasteiger partial charge in [-0.1, -0.05) is 6.07 Å². The summed E-state index contributed by atoms with van der Waals surface area (Å²) in [6, 6.07) is 10.6. The van der Waals surface area contributed by atoms with Crippen LogP contribution in [0.25, 0.3) is 5.57 Å². The highest BCUT2D eigenvalue weighted by molar-refractivity contribution is 7.98. The summed E-state index contributed by atoms with van der Waals surface area (Å²) in [6.07, 6.45) is 1.93. The minimum Gasteiger partial charge on any atom is -0.493 e. The Morgan fingerprint density at radius 3 is 2.40 bits per heavy atom. The number of carbonyl (C=O) groups is 1. The van der Waals surface area contributed by atoms with Crippen molar-refractivity contribution in [3.05, 3.63) is 46.9 Å². The smallest absolute Gasteiger partial charge is 0.270 e. The van der Waals surface area contributed by atoms with Gasteiger partial charge in [-0.25, -0.2) is 8.42 Å². The summed E-state index contributed by atoms with van der Waals surface area (Å²) in [4.78, 5) is 13.8. The Labute approximate surface area is 181 Å². The SMILES string of the molecule is CCN1c2cc(OC)c(OC)cc2C(C)=C(C(=O)Nc2cccc(SC)c2)S1(=O)=O. The molecule has 1 heterocycles. The van der Waals surface area contributed by atoms with E-state index >= 15 is 0 Å². The zero-order valence-corrected chi connectivity index (χ0v) is 19.1. The molecule has 2 aromatic rings. The van der Waals surface area contributed by atoms with Gasteiger partial charge >= 0.3 is 0 Å². The highest BCUT2D eigenvalue weighted by atomic mass is 32.2. The number of hydrogen-bond donors (Lipinski definition) is 1. The summed E-state index contributed by atoms with van der Waals surface area (Å²) in [5.41, 5.74) is 1.94. The normalized spacial score (nSPS) is 14.9. The molecule has 0 fully saturated rings. The van der Waals surface area contributed by atoms with Crippen molar-refractivity contribution in [1.82, 2.24) is 0 Å². The van der Waals surface area contributed by atoms with Gasteiger partial charge in [0.25, 0.3) is 15.9 Å². The molecule has 1 N–H and O–H groups in total. The number of hydrogen-bond acceptors (Lipinski definition) is 6. The minimum absolute atomic E-state index is 0.164. The van der Waals surface area contributed by atoms with Crippen molar-refractivity contribution in [3.63, 3.8) is 0 Å². The van der Waals surface area contributed by atoms with Crippen LogP contribution in [0.3, 0.4) is 0 Å². The van der Waals surface area contributed by atoms with Crippen molar-refractivity contribution < 1.29 is 22.7 Å². The fourth-order valence-electron chi connectivity index (χ4n) is 3.45. The van der Waals surface area contributed by atoms with E-state index in [0.29, 0.717) is 34.0 Å². The van der Waals surface area contributed by atoms with Crippen LogP contribution >= 0.6 is 11.8 Å². The first-order valence-electron chi connectivity index (χ1n) is 9.23. The lowest BCUT2D eigenvalue weighted by Crippen LogP contribution is -2.39. The van der Waals surface area contributed by atoms with Crippen molar-refractivity contribution in [3.8, 4) is 11.5 Å². The second-order valence-corrected chi connectivity index (χ2v) is 9.21. The summed E-state index contributed by atoms with van der Waals surface area (Å²) < 4.78 is 38.6. The molecule has 1 aliphatic rings. The summed E-state index contributed by atoms with van der Waals surface area (Å²) >= 11 is 1.53. The lowest BCUT2D eigenvalue weighted by molar-refractivity contribution is -0.112. The van der Waals surface area contributed by atoms with E-state index < -0.39 is 15.9 Å². The van der Waals surface area contributed by atoms with Gasteiger partial charge in [0, 0.05) is 28.8 Å². The van der Waals surface area contributed by atoms with E-state index in [4.69, 9.17) is 9.47 Å². The van der Waals surface area contributed by atoms with E-state index in [0.717, 1.165) is 4.90 Å². The van der Waals surface area contributed by atoms with Crippen LogP contribution in [0.5, 0.6) is 11.5 Å². The van der Waals surface area contributed by atoms with E-state index in [1.165, 1.54) is 30.3 Å². The molecule has 0 aliphatic carbocycles.